The molecule has 1 aliphatic rings. The third kappa shape index (κ3) is 4.12. The summed E-state index contributed by atoms with van der Waals surface area (Å²) in [5.41, 5.74) is 4.68. The smallest absolute Gasteiger partial charge is 0.186 e. The van der Waals surface area contributed by atoms with Crippen molar-refractivity contribution in [1.29, 1.82) is 0 Å². The van der Waals surface area contributed by atoms with Gasteiger partial charge in [0.1, 0.15) is 5.82 Å². The van der Waals surface area contributed by atoms with Crippen molar-refractivity contribution in [1.82, 2.24) is 10.7 Å². The molecule has 0 saturated carbocycles. The van der Waals surface area contributed by atoms with Crippen LogP contribution < -0.4 is 15.6 Å². The molecule has 1 aromatic rings. The van der Waals surface area contributed by atoms with Gasteiger partial charge in [-0.15, -0.1) is 0 Å². The van der Waals surface area contributed by atoms with Crippen LogP contribution in [0.3, 0.4) is 0 Å². The molecule has 1 saturated heterocycles. The minimum absolute atomic E-state index is 0.250. The van der Waals surface area contributed by atoms with Gasteiger partial charge in [-0.1, -0.05) is 6.07 Å². The zero-order valence-corrected chi connectivity index (χ0v) is 13.0. The number of anilines is 1. The molecule has 0 amide bonds. The Labute approximate surface area is 129 Å². The molecular weight excluding hydrogens is 291 g/mol. The Balaban J connectivity index is 2.12. The Morgan fingerprint density at radius 3 is 2.71 bits per heavy atom. The molecule has 0 bridgehead atoms. The van der Waals surface area contributed by atoms with Crippen molar-refractivity contribution in [3.8, 4) is 0 Å². The van der Waals surface area contributed by atoms with E-state index >= 15 is 0 Å². The SMILES string of the molecule is CNC(=S)N/N=C(/C)c1ccc(N2CCOCC2)c(F)c1. The van der Waals surface area contributed by atoms with Crippen molar-refractivity contribution in [2.75, 3.05) is 38.3 Å². The van der Waals surface area contributed by atoms with Crippen molar-refractivity contribution in [3.05, 3.63) is 29.6 Å². The first kappa shape index (κ1) is 15.7. The van der Waals surface area contributed by atoms with Crippen LogP contribution in [0.4, 0.5) is 10.1 Å². The average molecular weight is 310 g/mol. The summed E-state index contributed by atoms with van der Waals surface area (Å²) in [6.45, 7) is 4.48. The number of morpholine rings is 1. The van der Waals surface area contributed by atoms with Crippen molar-refractivity contribution >= 4 is 28.7 Å². The van der Waals surface area contributed by atoms with E-state index in [9.17, 15) is 4.39 Å². The van der Waals surface area contributed by atoms with Crippen molar-refractivity contribution in [3.63, 3.8) is 0 Å². The highest BCUT2D eigenvalue weighted by atomic mass is 32.1. The second-order valence-corrected chi connectivity index (χ2v) is 5.06. The first-order chi connectivity index (χ1) is 10.1. The summed E-state index contributed by atoms with van der Waals surface area (Å²) in [5.74, 6) is -0.250. The lowest BCUT2D eigenvalue weighted by Gasteiger charge is -2.29. The fourth-order valence-corrected chi connectivity index (χ4v) is 2.09. The molecule has 21 heavy (non-hydrogen) atoms. The molecule has 2 N–H and O–H groups in total. The number of rotatable bonds is 3. The molecule has 0 atom stereocenters. The normalized spacial score (nSPS) is 15.8. The minimum Gasteiger partial charge on any atom is -0.378 e. The number of hydrogen-bond donors (Lipinski definition) is 2. The fourth-order valence-electron chi connectivity index (χ4n) is 2.05. The largest absolute Gasteiger partial charge is 0.378 e. The van der Waals surface area contributed by atoms with Crippen molar-refractivity contribution in [2.45, 2.75) is 6.92 Å². The summed E-state index contributed by atoms with van der Waals surface area (Å²) in [7, 11) is 1.71. The maximum absolute atomic E-state index is 14.3. The maximum Gasteiger partial charge on any atom is 0.186 e. The lowest BCUT2D eigenvalue weighted by molar-refractivity contribution is 0.122. The van der Waals surface area contributed by atoms with E-state index in [1.165, 1.54) is 6.07 Å². The zero-order valence-electron chi connectivity index (χ0n) is 12.1. The molecule has 114 valence electrons. The molecule has 2 rings (SSSR count). The number of nitrogens with zero attached hydrogens (tertiary/aromatic N) is 2. The Hall–Kier alpha value is -1.73. The summed E-state index contributed by atoms with van der Waals surface area (Å²) in [4.78, 5) is 1.99. The quantitative estimate of drug-likeness (QED) is 0.503. The number of halogens is 1. The molecular formula is C14H19FN4OS. The van der Waals surface area contributed by atoms with Gasteiger partial charge < -0.3 is 15.0 Å². The first-order valence-corrected chi connectivity index (χ1v) is 7.17. The Morgan fingerprint density at radius 1 is 1.38 bits per heavy atom. The third-order valence-corrected chi connectivity index (χ3v) is 3.56. The lowest BCUT2D eigenvalue weighted by Crippen LogP contribution is -2.36. The molecule has 5 nitrogen and oxygen atoms in total. The second-order valence-electron chi connectivity index (χ2n) is 4.65. The van der Waals surface area contributed by atoms with Crippen molar-refractivity contribution in [2.24, 2.45) is 5.10 Å². The van der Waals surface area contributed by atoms with Crippen LogP contribution in [0.5, 0.6) is 0 Å². The predicted molar refractivity (Wildman–Crippen MR) is 86.4 cm³/mol. The maximum atomic E-state index is 14.3. The molecule has 0 radical (unpaired) electrons. The molecule has 1 fully saturated rings. The van der Waals surface area contributed by atoms with Crippen molar-refractivity contribution < 1.29 is 9.13 Å². The van der Waals surface area contributed by atoms with E-state index in [-0.39, 0.29) is 5.82 Å². The van der Waals surface area contributed by atoms with Gasteiger partial charge in [0, 0.05) is 25.7 Å². The van der Waals surface area contributed by atoms with Gasteiger partial charge in [0.05, 0.1) is 24.6 Å². The summed E-state index contributed by atoms with van der Waals surface area (Å²) < 4.78 is 19.5. The van der Waals surface area contributed by atoms with Gasteiger partial charge in [-0.3, -0.25) is 5.43 Å². The highest BCUT2D eigenvalue weighted by Crippen LogP contribution is 2.21. The summed E-state index contributed by atoms with van der Waals surface area (Å²) in [6, 6.07) is 5.13. The predicted octanol–water partition coefficient (Wildman–Crippen LogP) is 1.48. The summed E-state index contributed by atoms with van der Waals surface area (Å²) >= 11 is 4.93. The van der Waals surface area contributed by atoms with E-state index < -0.39 is 0 Å². The van der Waals surface area contributed by atoms with Gasteiger partial charge in [0.2, 0.25) is 0 Å². The number of thiocarbonyl (C=S) groups is 1. The third-order valence-electron chi connectivity index (χ3n) is 3.27. The Bertz CT molecular complexity index is 544. The van der Waals surface area contributed by atoms with E-state index in [4.69, 9.17) is 17.0 Å². The van der Waals surface area contributed by atoms with Crippen LogP contribution in [0.1, 0.15) is 12.5 Å². The topological polar surface area (TPSA) is 48.9 Å². The monoisotopic (exact) mass is 310 g/mol. The first-order valence-electron chi connectivity index (χ1n) is 6.76. The summed E-state index contributed by atoms with van der Waals surface area (Å²) in [5, 5.41) is 7.28. The second kappa shape index (κ2) is 7.33. The van der Waals surface area contributed by atoms with Gasteiger partial charge >= 0.3 is 0 Å². The highest BCUT2D eigenvalue weighted by molar-refractivity contribution is 7.80. The van der Waals surface area contributed by atoms with Crippen LogP contribution in [0.25, 0.3) is 0 Å². The van der Waals surface area contributed by atoms with Gasteiger partial charge in [0.25, 0.3) is 0 Å². The lowest BCUT2D eigenvalue weighted by atomic mass is 10.1. The van der Waals surface area contributed by atoms with Crippen LogP contribution in [0.15, 0.2) is 23.3 Å². The van der Waals surface area contributed by atoms with Gasteiger partial charge in [-0.05, 0) is 31.3 Å². The molecule has 1 heterocycles. The fraction of sp³-hybridized carbons (Fsp3) is 0.429. The molecule has 7 heteroatoms. The van der Waals surface area contributed by atoms with E-state index in [2.05, 4.69) is 15.8 Å². The zero-order chi connectivity index (χ0) is 15.2. The molecule has 1 aliphatic heterocycles. The Kier molecular flexibility index (Phi) is 5.46. The number of nitrogens with one attached hydrogen (secondary N) is 2. The molecule has 1 aromatic carbocycles. The molecule has 0 spiro atoms. The number of hydrogen-bond acceptors (Lipinski definition) is 4. The molecule has 0 aromatic heterocycles. The molecule has 0 aliphatic carbocycles. The summed E-state index contributed by atoms with van der Waals surface area (Å²) in [6.07, 6.45) is 0. The average Bonchev–Trinajstić information content (AvgIpc) is 2.52. The van der Waals surface area contributed by atoms with Crippen LogP contribution >= 0.6 is 12.2 Å². The Morgan fingerprint density at radius 2 is 2.10 bits per heavy atom. The standard InChI is InChI=1S/C14H19FN4OS/c1-10(17-18-14(21)16-2)11-3-4-13(12(15)9-11)19-5-7-20-8-6-19/h3-4,9H,5-8H2,1-2H3,(H2,16,18,21)/b17-10-. The minimum atomic E-state index is -0.250. The number of benzene rings is 1. The van der Waals surface area contributed by atoms with E-state index in [0.717, 1.165) is 5.56 Å². The van der Waals surface area contributed by atoms with Gasteiger partial charge in [-0.25, -0.2) is 4.39 Å². The number of ether oxygens (including phenoxy) is 1. The highest BCUT2D eigenvalue weighted by Gasteiger charge is 2.15. The van der Waals surface area contributed by atoms with Gasteiger partial charge in [-0.2, -0.15) is 5.10 Å². The van der Waals surface area contributed by atoms with E-state index in [1.54, 1.807) is 20.0 Å². The van der Waals surface area contributed by atoms with Crippen LogP contribution in [0.2, 0.25) is 0 Å². The van der Waals surface area contributed by atoms with Crippen LogP contribution in [0, 0.1) is 5.82 Å². The van der Waals surface area contributed by atoms with E-state index in [1.807, 2.05) is 11.0 Å². The van der Waals surface area contributed by atoms with Crippen LogP contribution in [-0.2, 0) is 4.74 Å². The molecule has 0 unspecified atom stereocenters. The van der Waals surface area contributed by atoms with Gasteiger partial charge in [0.15, 0.2) is 5.11 Å². The van der Waals surface area contributed by atoms with Crippen LogP contribution in [-0.4, -0.2) is 44.2 Å². The number of hydrazone groups is 1. The van der Waals surface area contributed by atoms with E-state index in [0.29, 0.717) is 42.8 Å².